The minimum Gasteiger partial charge on any atom is -0.370 e. The molecule has 0 atom stereocenters. The first kappa shape index (κ1) is 11.7. The molecule has 2 rings (SSSR count). The van der Waals surface area contributed by atoms with Crippen molar-refractivity contribution in [2.45, 2.75) is 19.3 Å². The number of nitrogens with zero attached hydrogens (tertiary/aromatic N) is 2. The van der Waals surface area contributed by atoms with Crippen molar-refractivity contribution in [3.63, 3.8) is 0 Å². The summed E-state index contributed by atoms with van der Waals surface area (Å²) in [7, 11) is 0. The molecule has 0 aliphatic carbocycles. The van der Waals surface area contributed by atoms with Crippen LogP contribution in [-0.2, 0) is 11.2 Å². The predicted octanol–water partition coefficient (Wildman–Crippen LogP) is 2.01. The molecule has 0 aliphatic heterocycles. The Balaban J connectivity index is 1.99. The molecule has 5 heteroatoms. The third-order valence-electron chi connectivity index (χ3n) is 2.29. The van der Waals surface area contributed by atoms with Crippen molar-refractivity contribution in [1.29, 1.82) is 0 Å². The van der Waals surface area contributed by atoms with Crippen LogP contribution in [-0.4, -0.2) is 15.9 Å². The van der Waals surface area contributed by atoms with E-state index in [-0.39, 0.29) is 5.91 Å². The van der Waals surface area contributed by atoms with Gasteiger partial charge in [0.1, 0.15) is 0 Å². The Hall–Kier alpha value is -1.75. The molecule has 0 spiro atoms. The predicted molar refractivity (Wildman–Crippen MR) is 67.5 cm³/mol. The highest BCUT2D eigenvalue weighted by atomic mass is 32.1. The molecule has 2 N–H and O–H groups in total. The van der Waals surface area contributed by atoms with Crippen molar-refractivity contribution in [3.05, 3.63) is 35.5 Å². The molecule has 0 radical (unpaired) electrons. The third kappa shape index (κ3) is 3.35. The van der Waals surface area contributed by atoms with Crippen LogP contribution >= 0.6 is 11.3 Å². The number of carbonyl (C=O) groups is 1. The molecule has 17 heavy (non-hydrogen) atoms. The molecule has 0 fully saturated rings. The first-order chi connectivity index (χ1) is 8.25. The topological polar surface area (TPSA) is 68.9 Å². The van der Waals surface area contributed by atoms with Gasteiger partial charge >= 0.3 is 0 Å². The van der Waals surface area contributed by atoms with E-state index in [9.17, 15) is 4.79 Å². The average molecular weight is 247 g/mol. The molecule has 0 saturated carbocycles. The molecule has 2 heterocycles. The maximum atomic E-state index is 10.6. The number of hydrogen-bond acceptors (Lipinski definition) is 4. The zero-order valence-electron chi connectivity index (χ0n) is 9.30. The van der Waals surface area contributed by atoms with Crippen LogP contribution in [0.3, 0.4) is 0 Å². The Morgan fingerprint density at radius 1 is 1.29 bits per heavy atom. The molecule has 0 saturated heterocycles. The van der Waals surface area contributed by atoms with E-state index < -0.39 is 0 Å². The van der Waals surface area contributed by atoms with Gasteiger partial charge in [0.05, 0.1) is 4.88 Å². The number of primary amides is 1. The van der Waals surface area contributed by atoms with Gasteiger partial charge in [0.15, 0.2) is 5.82 Å². The van der Waals surface area contributed by atoms with Gasteiger partial charge in [-0.25, -0.2) is 9.97 Å². The van der Waals surface area contributed by atoms with Gasteiger partial charge in [-0.1, -0.05) is 0 Å². The van der Waals surface area contributed by atoms with Crippen LogP contribution in [0, 0.1) is 0 Å². The van der Waals surface area contributed by atoms with E-state index in [1.807, 2.05) is 6.07 Å². The van der Waals surface area contributed by atoms with E-state index in [1.54, 1.807) is 29.8 Å². The summed E-state index contributed by atoms with van der Waals surface area (Å²) < 4.78 is 0. The van der Waals surface area contributed by atoms with Crippen LogP contribution in [0.2, 0.25) is 0 Å². The fraction of sp³-hybridized carbons (Fsp3) is 0.250. The van der Waals surface area contributed by atoms with Crippen LogP contribution < -0.4 is 5.73 Å². The van der Waals surface area contributed by atoms with Gasteiger partial charge in [-0.05, 0) is 31.0 Å². The summed E-state index contributed by atoms with van der Waals surface area (Å²) in [6, 6.07) is 5.86. The van der Waals surface area contributed by atoms with E-state index in [1.165, 1.54) is 4.88 Å². The average Bonchev–Trinajstić information content (AvgIpc) is 2.78. The lowest BCUT2D eigenvalue weighted by atomic mass is 10.2. The van der Waals surface area contributed by atoms with Crippen LogP contribution in [0.15, 0.2) is 30.6 Å². The first-order valence-corrected chi connectivity index (χ1v) is 6.22. The normalized spacial score (nSPS) is 10.4. The SMILES string of the molecule is NC(=O)CCCc1ccc(-c2ncccn2)s1. The monoisotopic (exact) mass is 247 g/mol. The van der Waals surface area contributed by atoms with Gasteiger partial charge in [0.2, 0.25) is 5.91 Å². The molecule has 0 unspecified atom stereocenters. The number of amides is 1. The highest BCUT2D eigenvalue weighted by molar-refractivity contribution is 7.15. The molecule has 2 aromatic heterocycles. The maximum Gasteiger partial charge on any atom is 0.217 e. The van der Waals surface area contributed by atoms with Gasteiger partial charge in [0.25, 0.3) is 0 Å². The van der Waals surface area contributed by atoms with Gasteiger partial charge < -0.3 is 5.73 Å². The Morgan fingerprint density at radius 2 is 2.06 bits per heavy atom. The van der Waals surface area contributed by atoms with E-state index in [0.717, 1.165) is 23.5 Å². The van der Waals surface area contributed by atoms with E-state index in [4.69, 9.17) is 5.73 Å². The molecule has 0 aromatic carbocycles. The zero-order valence-corrected chi connectivity index (χ0v) is 10.1. The molecule has 0 aliphatic rings. The van der Waals surface area contributed by atoms with Crippen LogP contribution in [0.25, 0.3) is 10.7 Å². The summed E-state index contributed by atoms with van der Waals surface area (Å²) in [5, 5.41) is 0. The molecule has 1 amide bonds. The summed E-state index contributed by atoms with van der Waals surface area (Å²) >= 11 is 1.66. The number of aromatic nitrogens is 2. The highest BCUT2D eigenvalue weighted by Crippen LogP contribution is 2.25. The summed E-state index contributed by atoms with van der Waals surface area (Å²) in [6.45, 7) is 0. The van der Waals surface area contributed by atoms with Crippen LogP contribution in [0.4, 0.5) is 0 Å². The smallest absolute Gasteiger partial charge is 0.217 e. The summed E-state index contributed by atoms with van der Waals surface area (Å²) in [5.74, 6) is 0.506. The van der Waals surface area contributed by atoms with Crippen molar-refractivity contribution in [3.8, 4) is 10.7 Å². The molecule has 2 aromatic rings. The lowest BCUT2D eigenvalue weighted by Crippen LogP contribution is -2.09. The second-order valence-corrected chi connectivity index (χ2v) is 4.83. The fourth-order valence-electron chi connectivity index (χ4n) is 1.50. The Labute approximate surface area is 104 Å². The summed E-state index contributed by atoms with van der Waals surface area (Å²) in [5.41, 5.74) is 5.10. The lowest BCUT2D eigenvalue weighted by molar-refractivity contribution is -0.118. The summed E-state index contributed by atoms with van der Waals surface area (Å²) in [6.07, 6.45) is 5.57. The van der Waals surface area contributed by atoms with E-state index >= 15 is 0 Å². The van der Waals surface area contributed by atoms with E-state index in [0.29, 0.717) is 6.42 Å². The first-order valence-electron chi connectivity index (χ1n) is 5.40. The molecular formula is C12H13N3OS. The molecule has 4 nitrogen and oxygen atoms in total. The molecule has 0 bridgehead atoms. The lowest BCUT2D eigenvalue weighted by Gasteiger charge is -1.95. The van der Waals surface area contributed by atoms with Crippen molar-refractivity contribution >= 4 is 17.2 Å². The van der Waals surface area contributed by atoms with Crippen molar-refractivity contribution in [2.75, 3.05) is 0 Å². The second-order valence-electron chi connectivity index (χ2n) is 3.66. The molecule has 88 valence electrons. The Kier molecular flexibility index (Phi) is 3.82. The number of hydrogen-bond donors (Lipinski definition) is 1. The maximum absolute atomic E-state index is 10.6. The second kappa shape index (κ2) is 5.54. The van der Waals surface area contributed by atoms with Crippen LogP contribution in [0.1, 0.15) is 17.7 Å². The largest absolute Gasteiger partial charge is 0.370 e. The Morgan fingerprint density at radius 3 is 2.76 bits per heavy atom. The van der Waals surface area contributed by atoms with Crippen molar-refractivity contribution in [2.24, 2.45) is 5.73 Å². The standard InChI is InChI=1S/C12H13N3OS/c13-11(16)4-1-3-9-5-6-10(17-9)12-14-7-2-8-15-12/h2,5-8H,1,3-4H2,(H2,13,16). The van der Waals surface area contributed by atoms with Crippen molar-refractivity contribution < 1.29 is 4.79 Å². The van der Waals surface area contributed by atoms with Gasteiger partial charge in [-0.15, -0.1) is 11.3 Å². The zero-order chi connectivity index (χ0) is 12.1. The quantitative estimate of drug-likeness (QED) is 0.878. The van der Waals surface area contributed by atoms with Gasteiger partial charge in [-0.3, -0.25) is 4.79 Å². The highest BCUT2D eigenvalue weighted by Gasteiger charge is 2.05. The number of nitrogens with two attached hydrogens (primary N) is 1. The van der Waals surface area contributed by atoms with Crippen LogP contribution in [0.5, 0.6) is 0 Å². The number of thiophene rings is 1. The third-order valence-corrected chi connectivity index (χ3v) is 3.44. The van der Waals surface area contributed by atoms with E-state index in [2.05, 4.69) is 16.0 Å². The summed E-state index contributed by atoms with van der Waals surface area (Å²) in [4.78, 5) is 21.3. The Bertz CT molecular complexity index is 495. The number of rotatable bonds is 5. The molecular weight excluding hydrogens is 234 g/mol. The number of carbonyl (C=O) groups excluding carboxylic acids is 1. The van der Waals surface area contributed by atoms with Gasteiger partial charge in [0, 0.05) is 23.7 Å². The van der Waals surface area contributed by atoms with Crippen molar-refractivity contribution in [1.82, 2.24) is 9.97 Å². The number of aryl methyl sites for hydroxylation is 1. The minimum atomic E-state index is -0.242. The van der Waals surface area contributed by atoms with Gasteiger partial charge in [-0.2, -0.15) is 0 Å². The minimum absolute atomic E-state index is 0.242. The fourth-order valence-corrected chi connectivity index (χ4v) is 2.49.